The summed E-state index contributed by atoms with van der Waals surface area (Å²) in [6.45, 7) is 2.20. The van der Waals surface area contributed by atoms with Gasteiger partial charge in [0.2, 0.25) is 9.84 Å². The molecule has 2 amide bonds. The summed E-state index contributed by atoms with van der Waals surface area (Å²) in [5.74, 6) is -0.755. The summed E-state index contributed by atoms with van der Waals surface area (Å²) < 4.78 is 44.5. The van der Waals surface area contributed by atoms with Crippen LogP contribution in [0, 0.1) is 5.82 Å². The molecular formula is C21H20FN3O4S. The maximum absolute atomic E-state index is 13.7. The standard InChI is InChI=1S/C21H20FN3O4S/c1-2-29-20-12-18(9-10-19(20)22)30(27,28)17-7-5-16(6-8-17)25-21(26)24-14-15-4-3-11-23-13-15/h3-13H,2,14H2,1H3,(H2,24,25,26). The third kappa shape index (κ3) is 5.12. The molecule has 0 fully saturated rings. The lowest BCUT2D eigenvalue weighted by molar-refractivity contribution is 0.251. The molecule has 7 nitrogen and oxygen atoms in total. The van der Waals surface area contributed by atoms with Crippen LogP contribution in [0.5, 0.6) is 5.75 Å². The molecular weight excluding hydrogens is 409 g/mol. The van der Waals surface area contributed by atoms with Crippen molar-refractivity contribution in [2.75, 3.05) is 11.9 Å². The Labute approximate surface area is 173 Å². The lowest BCUT2D eigenvalue weighted by atomic mass is 10.3. The molecule has 1 aromatic heterocycles. The van der Waals surface area contributed by atoms with Crippen molar-refractivity contribution in [1.29, 1.82) is 0 Å². The highest BCUT2D eigenvalue weighted by Gasteiger charge is 2.20. The molecule has 0 unspecified atom stereocenters. The molecule has 0 bridgehead atoms. The number of ether oxygens (including phenoxy) is 1. The maximum Gasteiger partial charge on any atom is 0.319 e. The first kappa shape index (κ1) is 21.3. The molecule has 3 rings (SSSR count). The predicted octanol–water partition coefficient (Wildman–Crippen LogP) is 3.77. The van der Waals surface area contributed by atoms with E-state index in [-0.39, 0.29) is 22.1 Å². The van der Waals surface area contributed by atoms with E-state index in [1.54, 1.807) is 25.4 Å². The average molecular weight is 429 g/mol. The van der Waals surface area contributed by atoms with Crippen molar-refractivity contribution in [2.24, 2.45) is 0 Å². The van der Waals surface area contributed by atoms with Crippen molar-refractivity contribution < 1.29 is 22.3 Å². The van der Waals surface area contributed by atoms with E-state index in [4.69, 9.17) is 4.74 Å². The summed E-state index contributed by atoms with van der Waals surface area (Å²) in [5.41, 5.74) is 1.27. The molecule has 30 heavy (non-hydrogen) atoms. The van der Waals surface area contributed by atoms with Crippen LogP contribution in [0.25, 0.3) is 0 Å². The van der Waals surface area contributed by atoms with Crippen LogP contribution in [0.4, 0.5) is 14.9 Å². The fourth-order valence-electron chi connectivity index (χ4n) is 2.63. The van der Waals surface area contributed by atoms with Gasteiger partial charge < -0.3 is 15.4 Å². The van der Waals surface area contributed by atoms with Crippen LogP contribution >= 0.6 is 0 Å². The number of carbonyl (C=O) groups excluding carboxylic acids is 1. The fraction of sp³-hybridized carbons (Fsp3) is 0.143. The van der Waals surface area contributed by atoms with Crippen molar-refractivity contribution in [3.8, 4) is 5.75 Å². The molecule has 0 atom stereocenters. The summed E-state index contributed by atoms with van der Waals surface area (Å²) >= 11 is 0. The van der Waals surface area contributed by atoms with E-state index in [9.17, 15) is 17.6 Å². The third-order valence-corrected chi connectivity index (χ3v) is 5.88. The van der Waals surface area contributed by atoms with Crippen LogP contribution in [0.3, 0.4) is 0 Å². The summed E-state index contributed by atoms with van der Waals surface area (Å²) in [7, 11) is -3.87. The monoisotopic (exact) mass is 429 g/mol. The van der Waals surface area contributed by atoms with Gasteiger partial charge in [-0.05, 0) is 55.0 Å². The third-order valence-electron chi connectivity index (χ3n) is 4.11. The Balaban J connectivity index is 1.68. The summed E-state index contributed by atoms with van der Waals surface area (Å²) in [4.78, 5) is 15.9. The van der Waals surface area contributed by atoms with Gasteiger partial charge >= 0.3 is 6.03 Å². The number of benzene rings is 2. The summed E-state index contributed by atoms with van der Waals surface area (Å²) in [5, 5.41) is 5.31. The molecule has 156 valence electrons. The predicted molar refractivity (Wildman–Crippen MR) is 110 cm³/mol. The highest BCUT2D eigenvalue weighted by atomic mass is 32.2. The van der Waals surface area contributed by atoms with Crippen LogP contribution in [0.1, 0.15) is 12.5 Å². The Morgan fingerprint density at radius 2 is 1.83 bits per heavy atom. The zero-order valence-corrected chi connectivity index (χ0v) is 16.9. The number of hydrogen-bond donors (Lipinski definition) is 2. The minimum absolute atomic E-state index is 0.0119. The Morgan fingerprint density at radius 1 is 1.10 bits per heavy atom. The Kier molecular flexibility index (Phi) is 6.63. The molecule has 0 aliphatic rings. The normalized spacial score (nSPS) is 11.0. The van der Waals surface area contributed by atoms with Crippen molar-refractivity contribution in [2.45, 2.75) is 23.3 Å². The zero-order chi connectivity index (χ0) is 21.6. The van der Waals surface area contributed by atoms with Gasteiger partial charge in [0, 0.05) is 30.7 Å². The van der Waals surface area contributed by atoms with Gasteiger partial charge in [-0.3, -0.25) is 4.98 Å². The Hall–Kier alpha value is -3.46. The van der Waals surface area contributed by atoms with Crippen molar-refractivity contribution in [3.05, 3.63) is 78.4 Å². The van der Waals surface area contributed by atoms with E-state index in [1.165, 1.54) is 30.3 Å². The number of anilines is 1. The number of sulfone groups is 1. The first-order chi connectivity index (χ1) is 14.4. The van der Waals surface area contributed by atoms with Gasteiger partial charge in [-0.1, -0.05) is 6.07 Å². The fourth-order valence-corrected chi connectivity index (χ4v) is 3.91. The quantitative estimate of drug-likeness (QED) is 0.557. The molecule has 0 spiro atoms. The SMILES string of the molecule is CCOc1cc(S(=O)(=O)c2ccc(NC(=O)NCc3cccnc3)cc2)ccc1F. The average Bonchev–Trinajstić information content (AvgIpc) is 2.75. The highest BCUT2D eigenvalue weighted by Crippen LogP contribution is 2.27. The van der Waals surface area contributed by atoms with Gasteiger partial charge in [0.05, 0.1) is 16.4 Å². The Bertz CT molecular complexity index is 1120. The number of amides is 2. The summed E-state index contributed by atoms with van der Waals surface area (Å²) in [6.07, 6.45) is 3.29. The first-order valence-corrected chi connectivity index (χ1v) is 10.6. The van der Waals surface area contributed by atoms with Gasteiger partial charge in [0.1, 0.15) is 0 Å². The second-order valence-corrected chi connectivity index (χ2v) is 8.17. The number of nitrogens with one attached hydrogen (secondary N) is 2. The maximum atomic E-state index is 13.7. The molecule has 0 aliphatic heterocycles. The smallest absolute Gasteiger partial charge is 0.319 e. The van der Waals surface area contributed by atoms with Crippen LogP contribution in [0.2, 0.25) is 0 Å². The van der Waals surface area contributed by atoms with Crippen LogP contribution in [-0.2, 0) is 16.4 Å². The second-order valence-electron chi connectivity index (χ2n) is 6.22. The molecule has 0 saturated carbocycles. The molecule has 2 N–H and O–H groups in total. The van der Waals surface area contributed by atoms with Crippen molar-refractivity contribution in [1.82, 2.24) is 10.3 Å². The molecule has 0 aliphatic carbocycles. The number of carbonyl (C=O) groups is 1. The number of hydrogen-bond acceptors (Lipinski definition) is 5. The number of aromatic nitrogens is 1. The van der Waals surface area contributed by atoms with Gasteiger partial charge in [0.25, 0.3) is 0 Å². The number of rotatable bonds is 7. The molecule has 0 radical (unpaired) electrons. The topological polar surface area (TPSA) is 97.4 Å². The van der Waals surface area contributed by atoms with Crippen LogP contribution < -0.4 is 15.4 Å². The minimum atomic E-state index is -3.87. The molecule has 2 aromatic carbocycles. The first-order valence-electron chi connectivity index (χ1n) is 9.11. The van der Waals surface area contributed by atoms with E-state index in [0.29, 0.717) is 12.2 Å². The van der Waals surface area contributed by atoms with E-state index in [0.717, 1.165) is 17.7 Å². The molecule has 9 heteroatoms. The second kappa shape index (κ2) is 9.36. The number of halogens is 1. The van der Waals surface area contributed by atoms with E-state index < -0.39 is 21.7 Å². The molecule has 3 aromatic rings. The van der Waals surface area contributed by atoms with Gasteiger partial charge in [-0.25, -0.2) is 17.6 Å². The van der Waals surface area contributed by atoms with Crippen molar-refractivity contribution >= 4 is 21.6 Å². The molecule has 1 heterocycles. The van der Waals surface area contributed by atoms with Gasteiger partial charge in [0.15, 0.2) is 11.6 Å². The number of pyridine rings is 1. The minimum Gasteiger partial charge on any atom is -0.491 e. The number of nitrogens with zero attached hydrogens (tertiary/aromatic N) is 1. The van der Waals surface area contributed by atoms with Crippen LogP contribution in [0.15, 0.2) is 76.8 Å². The largest absolute Gasteiger partial charge is 0.491 e. The zero-order valence-electron chi connectivity index (χ0n) is 16.1. The lowest BCUT2D eigenvalue weighted by Gasteiger charge is -2.10. The van der Waals surface area contributed by atoms with Crippen LogP contribution in [-0.4, -0.2) is 26.0 Å². The van der Waals surface area contributed by atoms with Crippen molar-refractivity contribution in [3.63, 3.8) is 0 Å². The highest BCUT2D eigenvalue weighted by molar-refractivity contribution is 7.91. The van der Waals surface area contributed by atoms with Gasteiger partial charge in [-0.2, -0.15) is 0 Å². The van der Waals surface area contributed by atoms with E-state index in [2.05, 4.69) is 15.6 Å². The van der Waals surface area contributed by atoms with E-state index >= 15 is 0 Å². The molecule has 0 saturated heterocycles. The van der Waals surface area contributed by atoms with E-state index in [1.807, 2.05) is 6.07 Å². The summed E-state index contributed by atoms with van der Waals surface area (Å²) in [6, 6.07) is 12.3. The van der Waals surface area contributed by atoms with Gasteiger partial charge in [-0.15, -0.1) is 0 Å². The lowest BCUT2D eigenvalue weighted by Crippen LogP contribution is -2.28. The Morgan fingerprint density at radius 3 is 2.50 bits per heavy atom. The number of urea groups is 1.